The first-order valence-corrected chi connectivity index (χ1v) is 15.8. The number of rotatable bonds is 7. The zero-order valence-electron chi connectivity index (χ0n) is 26.8. The minimum Gasteiger partial charge on any atom is -0.497 e. The molecule has 0 amide bonds. The average molecular weight is 645 g/mol. The molecule has 0 spiro atoms. The molecule has 8 nitrogen and oxygen atoms in total. The van der Waals surface area contributed by atoms with Crippen LogP contribution in [-0.4, -0.2) is 43.6 Å². The zero-order chi connectivity index (χ0) is 33.4. The van der Waals surface area contributed by atoms with E-state index < -0.39 is 6.43 Å². The summed E-state index contributed by atoms with van der Waals surface area (Å²) in [7, 11) is 3.28. The number of allylic oxidation sites excluding steroid dienone is 1. The molecule has 0 saturated carbocycles. The fourth-order valence-electron chi connectivity index (χ4n) is 6.77. The van der Waals surface area contributed by atoms with E-state index >= 15 is 0 Å². The second-order valence-corrected chi connectivity index (χ2v) is 12.2. The lowest BCUT2D eigenvalue weighted by atomic mass is 9.91. The summed E-state index contributed by atoms with van der Waals surface area (Å²) in [6.45, 7) is 3.59. The molecule has 47 heavy (non-hydrogen) atoms. The van der Waals surface area contributed by atoms with E-state index in [1.165, 1.54) is 12.3 Å². The SMILES string of the molecule is COc1cc(N2CCCc3cc(/C(C=NC4CCN(c5ccc(N)cc5F)CC4)=C/N)c(C(F)F)cc32)c2cc(C)c(=O)n(C)c2c1. The number of halogens is 3. The molecule has 6 rings (SSSR count). The quantitative estimate of drug-likeness (QED) is 0.173. The summed E-state index contributed by atoms with van der Waals surface area (Å²) in [5.74, 6) is 0.212. The van der Waals surface area contributed by atoms with Gasteiger partial charge in [-0.1, -0.05) is 0 Å². The van der Waals surface area contributed by atoms with Crippen molar-refractivity contribution in [1.82, 2.24) is 4.57 Å². The maximum atomic E-state index is 14.8. The van der Waals surface area contributed by atoms with Crippen LogP contribution in [0.3, 0.4) is 0 Å². The van der Waals surface area contributed by atoms with E-state index in [0.717, 1.165) is 23.1 Å². The third kappa shape index (κ3) is 6.14. The number of nitrogens with two attached hydrogens (primary N) is 2. The van der Waals surface area contributed by atoms with Gasteiger partial charge in [-0.3, -0.25) is 9.79 Å². The van der Waals surface area contributed by atoms with Crippen molar-refractivity contribution in [3.8, 4) is 5.75 Å². The van der Waals surface area contributed by atoms with Gasteiger partial charge in [-0.15, -0.1) is 0 Å². The number of benzene rings is 3. The molecule has 4 N–H and O–H groups in total. The van der Waals surface area contributed by atoms with Crippen LogP contribution < -0.4 is 31.6 Å². The Hall–Kier alpha value is -4.93. The van der Waals surface area contributed by atoms with Crippen LogP contribution >= 0.6 is 0 Å². The number of aryl methyl sites for hydroxylation is 3. The highest BCUT2D eigenvalue weighted by molar-refractivity contribution is 6.10. The number of anilines is 4. The Morgan fingerprint density at radius 3 is 2.49 bits per heavy atom. The number of pyridine rings is 1. The standard InChI is InChI=1S/C36H39F3N6O2/c1-21-13-29-33(43(2)36(21)46)16-26(47-3)17-34(29)45-10-4-5-22-14-27(28(35(38)39)18-32(22)45)23(19-40)20-42-25-8-11-44(12-9-25)31-7-6-24(41)15-30(31)37/h6-7,13-20,25,35H,4-5,8-12,40-41H2,1-3H3/b23-19+,42-20?. The molecule has 1 aromatic heterocycles. The molecule has 0 unspecified atom stereocenters. The third-order valence-electron chi connectivity index (χ3n) is 9.30. The molecular weight excluding hydrogens is 605 g/mol. The predicted octanol–water partition coefficient (Wildman–Crippen LogP) is 6.64. The van der Waals surface area contributed by atoms with Crippen LogP contribution in [-0.2, 0) is 13.5 Å². The molecule has 2 aliphatic heterocycles. The first-order valence-electron chi connectivity index (χ1n) is 15.8. The maximum Gasteiger partial charge on any atom is 0.264 e. The van der Waals surface area contributed by atoms with Gasteiger partial charge in [0.25, 0.3) is 12.0 Å². The van der Waals surface area contributed by atoms with Crippen molar-refractivity contribution >= 4 is 45.4 Å². The summed E-state index contributed by atoms with van der Waals surface area (Å²) >= 11 is 0. The lowest BCUT2D eigenvalue weighted by Crippen LogP contribution is -2.35. The second kappa shape index (κ2) is 13.1. The van der Waals surface area contributed by atoms with Gasteiger partial charge >= 0.3 is 0 Å². The second-order valence-electron chi connectivity index (χ2n) is 12.2. The highest BCUT2D eigenvalue weighted by Gasteiger charge is 2.27. The number of methoxy groups -OCH3 is 1. The number of ether oxygens (including phenoxy) is 1. The first-order chi connectivity index (χ1) is 22.6. The zero-order valence-corrected chi connectivity index (χ0v) is 26.8. The Bertz CT molecular complexity index is 1950. The lowest BCUT2D eigenvalue weighted by Gasteiger charge is -2.34. The van der Waals surface area contributed by atoms with Gasteiger partial charge in [0.15, 0.2) is 0 Å². The van der Waals surface area contributed by atoms with Crippen molar-refractivity contribution in [1.29, 1.82) is 0 Å². The van der Waals surface area contributed by atoms with Crippen LogP contribution in [0.5, 0.6) is 5.75 Å². The van der Waals surface area contributed by atoms with E-state index in [1.807, 2.05) is 34.1 Å². The topological polar surface area (TPSA) is 102 Å². The number of hydrogen-bond donors (Lipinski definition) is 2. The number of piperidine rings is 1. The third-order valence-corrected chi connectivity index (χ3v) is 9.30. The minimum atomic E-state index is -2.76. The fraction of sp³-hybridized carbons (Fsp3) is 0.333. The Labute approximate surface area is 271 Å². The number of fused-ring (bicyclic) bond motifs is 2. The van der Waals surface area contributed by atoms with Gasteiger partial charge in [0.2, 0.25) is 0 Å². The smallest absolute Gasteiger partial charge is 0.264 e. The van der Waals surface area contributed by atoms with Crippen molar-refractivity contribution in [2.75, 3.05) is 42.3 Å². The summed E-state index contributed by atoms with van der Waals surface area (Å²) in [5, 5.41) is 0.834. The van der Waals surface area contributed by atoms with E-state index in [2.05, 4.69) is 0 Å². The van der Waals surface area contributed by atoms with Crippen molar-refractivity contribution in [2.24, 2.45) is 17.8 Å². The van der Waals surface area contributed by atoms with Gasteiger partial charge < -0.3 is 30.6 Å². The van der Waals surface area contributed by atoms with Crippen LogP contribution in [0, 0.1) is 12.7 Å². The minimum absolute atomic E-state index is 0.0538. The number of alkyl halides is 2. The molecule has 11 heteroatoms. The van der Waals surface area contributed by atoms with Gasteiger partial charge in [0, 0.05) is 84.7 Å². The van der Waals surface area contributed by atoms with Gasteiger partial charge in [0.1, 0.15) is 11.6 Å². The van der Waals surface area contributed by atoms with Gasteiger partial charge in [0.05, 0.1) is 30.0 Å². The van der Waals surface area contributed by atoms with Crippen LogP contribution in [0.15, 0.2) is 64.5 Å². The lowest BCUT2D eigenvalue weighted by molar-refractivity contribution is 0.151. The highest BCUT2D eigenvalue weighted by atomic mass is 19.3. The van der Waals surface area contributed by atoms with Crippen LogP contribution in [0.1, 0.15) is 47.9 Å². The molecular formula is C36H39F3N6O2. The molecule has 2 aliphatic rings. The monoisotopic (exact) mass is 644 g/mol. The number of aromatic nitrogens is 1. The number of nitrogen functional groups attached to an aromatic ring is 1. The van der Waals surface area contributed by atoms with E-state index in [9.17, 15) is 18.0 Å². The average Bonchev–Trinajstić information content (AvgIpc) is 3.07. The number of aliphatic imine (C=N–C) groups is 1. The summed E-state index contributed by atoms with van der Waals surface area (Å²) in [6.07, 6.45) is 3.03. The fourth-order valence-corrected chi connectivity index (χ4v) is 6.77. The van der Waals surface area contributed by atoms with Gasteiger partial charge in [-0.25, -0.2) is 13.2 Å². The Kier molecular flexibility index (Phi) is 8.90. The molecule has 0 radical (unpaired) electrons. The molecule has 1 fully saturated rings. The summed E-state index contributed by atoms with van der Waals surface area (Å²) in [6, 6.07) is 13.6. The maximum absolute atomic E-state index is 14.8. The normalized spacial score (nSPS) is 16.0. The van der Waals surface area contributed by atoms with E-state index in [1.54, 1.807) is 50.1 Å². The van der Waals surface area contributed by atoms with Crippen LogP contribution in [0.25, 0.3) is 16.5 Å². The molecule has 0 atom stereocenters. The van der Waals surface area contributed by atoms with E-state index in [4.69, 9.17) is 21.2 Å². The Morgan fingerprint density at radius 1 is 1.04 bits per heavy atom. The van der Waals surface area contributed by atoms with Gasteiger partial charge in [-0.2, -0.15) is 0 Å². The van der Waals surface area contributed by atoms with Crippen molar-refractivity contribution in [3.05, 3.63) is 93.2 Å². The van der Waals surface area contributed by atoms with Gasteiger partial charge in [-0.05, 0) is 80.1 Å². The highest BCUT2D eigenvalue weighted by Crippen LogP contribution is 2.43. The van der Waals surface area contributed by atoms with E-state index in [-0.39, 0.29) is 23.0 Å². The summed E-state index contributed by atoms with van der Waals surface area (Å²) in [4.78, 5) is 21.5. The van der Waals surface area contributed by atoms with E-state index in [0.29, 0.717) is 83.9 Å². The Morgan fingerprint density at radius 2 is 1.81 bits per heavy atom. The molecule has 0 aliphatic carbocycles. The molecule has 3 heterocycles. The first kappa shape index (κ1) is 32.0. The van der Waals surface area contributed by atoms with Crippen LogP contribution in [0.2, 0.25) is 0 Å². The Balaban J connectivity index is 1.31. The van der Waals surface area contributed by atoms with Crippen molar-refractivity contribution in [3.63, 3.8) is 0 Å². The largest absolute Gasteiger partial charge is 0.497 e. The summed E-state index contributed by atoms with van der Waals surface area (Å²) < 4.78 is 51.2. The molecule has 4 aromatic rings. The molecule has 1 saturated heterocycles. The predicted molar refractivity (Wildman–Crippen MR) is 184 cm³/mol. The molecule has 3 aromatic carbocycles. The van der Waals surface area contributed by atoms with Crippen molar-refractivity contribution in [2.45, 2.75) is 45.1 Å². The van der Waals surface area contributed by atoms with Crippen molar-refractivity contribution < 1.29 is 17.9 Å². The molecule has 0 bridgehead atoms. The number of hydrogen-bond acceptors (Lipinski definition) is 7. The van der Waals surface area contributed by atoms with Crippen LogP contribution in [0.4, 0.5) is 35.9 Å². The molecule has 246 valence electrons. The number of nitrogens with zero attached hydrogens (tertiary/aromatic N) is 4. The summed E-state index contributed by atoms with van der Waals surface area (Å²) in [5.41, 5.74) is 16.8.